The van der Waals surface area contributed by atoms with Crippen molar-refractivity contribution in [2.75, 3.05) is 5.32 Å². The van der Waals surface area contributed by atoms with E-state index >= 15 is 0 Å². The maximum Gasteiger partial charge on any atom is 0.286 e. The van der Waals surface area contributed by atoms with Crippen LogP contribution in [-0.2, 0) is 11.2 Å². The van der Waals surface area contributed by atoms with Gasteiger partial charge in [0.2, 0.25) is 5.91 Å². The maximum atomic E-state index is 11.3. The van der Waals surface area contributed by atoms with E-state index in [0.717, 1.165) is 12.0 Å². The van der Waals surface area contributed by atoms with Crippen molar-refractivity contribution in [2.45, 2.75) is 46.0 Å². The number of carbonyl (C=O) groups excluding carboxylic acids is 1. The smallest absolute Gasteiger partial charge is 0.286 e. The molecule has 0 bridgehead atoms. The number of anilines is 1. The van der Waals surface area contributed by atoms with Crippen LogP contribution in [0.5, 0.6) is 0 Å². The number of rotatable bonds is 7. The minimum Gasteiger partial charge on any atom is -0.325 e. The number of nitrogens with one attached hydrogen (secondary N) is 1. The molecule has 0 spiro atoms. The molecular formula is C22H23BrN2O3. The second-order valence-corrected chi connectivity index (χ2v) is 7.40. The van der Waals surface area contributed by atoms with Gasteiger partial charge in [-0.25, -0.2) is 0 Å². The van der Waals surface area contributed by atoms with Gasteiger partial charge in [-0.2, -0.15) is 0 Å². The summed E-state index contributed by atoms with van der Waals surface area (Å²) in [5.41, 5.74) is 2.64. The molecule has 2 aromatic carbocycles. The number of benzene rings is 2. The van der Waals surface area contributed by atoms with E-state index in [9.17, 15) is 14.9 Å². The molecule has 5 nitrogen and oxygen atoms in total. The summed E-state index contributed by atoms with van der Waals surface area (Å²) < 4.78 is 0.437. The molecule has 0 saturated carbocycles. The second kappa shape index (κ2) is 10.6. The number of nitro groups is 1. The van der Waals surface area contributed by atoms with Crippen LogP contribution in [0.3, 0.4) is 0 Å². The van der Waals surface area contributed by atoms with Gasteiger partial charge in [-0.15, -0.1) is 0 Å². The van der Waals surface area contributed by atoms with Crippen molar-refractivity contribution in [2.24, 2.45) is 0 Å². The molecule has 0 aliphatic heterocycles. The topological polar surface area (TPSA) is 72.2 Å². The molecule has 28 heavy (non-hydrogen) atoms. The number of carbonyl (C=O) groups is 1. The third-order valence-corrected chi connectivity index (χ3v) is 4.86. The Labute approximate surface area is 173 Å². The van der Waals surface area contributed by atoms with Crippen LogP contribution < -0.4 is 5.32 Å². The lowest BCUT2D eigenvalue weighted by Crippen LogP contribution is -2.07. The summed E-state index contributed by atoms with van der Waals surface area (Å²) in [5, 5.41) is 14.0. The van der Waals surface area contributed by atoms with Gasteiger partial charge in [0, 0.05) is 23.0 Å². The Kier molecular flexibility index (Phi) is 8.21. The summed E-state index contributed by atoms with van der Waals surface area (Å²) >= 11 is 3.25. The lowest BCUT2D eigenvalue weighted by atomic mass is 10.0. The Morgan fingerprint density at radius 1 is 1.14 bits per heavy atom. The molecule has 146 valence electrons. The largest absolute Gasteiger partial charge is 0.325 e. The lowest BCUT2D eigenvalue weighted by molar-refractivity contribution is -0.385. The van der Waals surface area contributed by atoms with Gasteiger partial charge in [0.1, 0.15) is 5.56 Å². The van der Waals surface area contributed by atoms with Crippen LogP contribution in [0.25, 0.3) is 0 Å². The van der Waals surface area contributed by atoms with Crippen LogP contribution in [0.2, 0.25) is 0 Å². The molecule has 2 aromatic rings. The van der Waals surface area contributed by atoms with E-state index in [1.165, 1.54) is 50.3 Å². The summed E-state index contributed by atoms with van der Waals surface area (Å²) in [6, 6.07) is 10.8. The Morgan fingerprint density at radius 2 is 1.86 bits per heavy atom. The molecule has 2 rings (SSSR count). The number of amides is 1. The summed E-state index contributed by atoms with van der Waals surface area (Å²) in [7, 11) is 0. The Morgan fingerprint density at radius 3 is 2.46 bits per heavy atom. The first kappa shape index (κ1) is 21.6. The highest BCUT2D eigenvalue weighted by Crippen LogP contribution is 2.30. The van der Waals surface area contributed by atoms with Gasteiger partial charge in [0.15, 0.2) is 0 Å². The van der Waals surface area contributed by atoms with Crippen LogP contribution >= 0.6 is 15.9 Å². The van der Waals surface area contributed by atoms with Gasteiger partial charge in [0.25, 0.3) is 5.69 Å². The van der Waals surface area contributed by atoms with E-state index in [1.54, 1.807) is 0 Å². The van der Waals surface area contributed by atoms with Crippen molar-refractivity contribution < 1.29 is 9.72 Å². The first-order chi connectivity index (χ1) is 13.4. The normalized spacial score (nSPS) is 10.1. The average Bonchev–Trinajstić information content (AvgIpc) is 2.66. The number of nitrogens with zero attached hydrogens (tertiary/aromatic N) is 1. The molecule has 0 atom stereocenters. The predicted octanol–water partition coefficient (Wildman–Crippen LogP) is 5.84. The fourth-order valence-electron chi connectivity index (χ4n) is 2.75. The van der Waals surface area contributed by atoms with Crippen molar-refractivity contribution >= 4 is 33.2 Å². The van der Waals surface area contributed by atoms with Gasteiger partial charge in [0.05, 0.1) is 10.6 Å². The van der Waals surface area contributed by atoms with Crippen LogP contribution in [0, 0.1) is 22.0 Å². The number of aryl methyl sites for hydroxylation is 1. The third-order valence-electron chi connectivity index (χ3n) is 4.21. The number of nitro benzene ring substituents is 1. The van der Waals surface area contributed by atoms with E-state index in [1.807, 2.05) is 12.1 Å². The number of unbranched alkanes of at least 4 members (excludes halogenated alkanes) is 3. The standard InChI is InChI=1S/C22H23BrN2O3/c1-3-4-5-6-7-17-8-10-18(11-9-17)12-13-19-14-21(24-16(2)26)20(23)15-22(19)25(27)28/h8-11,14-15H,3-7H2,1-2H3,(H,24,26). The molecule has 6 heteroatoms. The predicted molar refractivity (Wildman–Crippen MR) is 115 cm³/mol. The van der Waals surface area contributed by atoms with E-state index in [2.05, 4.69) is 52.1 Å². The molecule has 0 saturated heterocycles. The molecule has 0 aliphatic rings. The quantitative estimate of drug-likeness (QED) is 0.253. The van der Waals surface area contributed by atoms with Gasteiger partial charge in [-0.3, -0.25) is 14.9 Å². The molecule has 1 amide bonds. The van der Waals surface area contributed by atoms with Gasteiger partial charge >= 0.3 is 0 Å². The fraction of sp³-hybridized carbons (Fsp3) is 0.318. The molecule has 0 aromatic heterocycles. The zero-order valence-corrected chi connectivity index (χ0v) is 17.6. The molecule has 0 radical (unpaired) electrons. The van der Waals surface area contributed by atoms with E-state index in [0.29, 0.717) is 10.2 Å². The highest BCUT2D eigenvalue weighted by Gasteiger charge is 2.16. The fourth-order valence-corrected chi connectivity index (χ4v) is 3.18. The van der Waals surface area contributed by atoms with E-state index < -0.39 is 4.92 Å². The minimum absolute atomic E-state index is 0.110. The van der Waals surface area contributed by atoms with E-state index in [4.69, 9.17) is 0 Å². The Balaban J connectivity index is 2.21. The number of hydrogen-bond donors (Lipinski definition) is 1. The van der Waals surface area contributed by atoms with Gasteiger partial charge in [-0.1, -0.05) is 50.2 Å². The van der Waals surface area contributed by atoms with Crippen LogP contribution in [0.1, 0.15) is 56.2 Å². The summed E-state index contributed by atoms with van der Waals surface area (Å²) in [6.07, 6.45) is 5.94. The van der Waals surface area contributed by atoms with Crippen LogP contribution in [-0.4, -0.2) is 10.8 Å². The first-order valence-corrected chi connectivity index (χ1v) is 10.1. The van der Waals surface area contributed by atoms with Crippen molar-refractivity contribution in [3.8, 4) is 11.8 Å². The number of halogens is 1. The SMILES string of the molecule is CCCCCCc1ccc(C#Cc2cc(NC(C)=O)c(Br)cc2[N+](=O)[O-])cc1. The van der Waals surface area contributed by atoms with Crippen LogP contribution in [0.15, 0.2) is 40.9 Å². The molecular weight excluding hydrogens is 420 g/mol. The zero-order valence-electron chi connectivity index (χ0n) is 16.0. The molecule has 0 aliphatic carbocycles. The summed E-state index contributed by atoms with van der Waals surface area (Å²) in [6.45, 7) is 3.57. The highest BCUT2D eigenvalue weighted by molar-refractivity contribution is 9.10. The van der Waals surface area contributed by atoms with Gasteiger partial charge < -0.3 is 5.32 Å². The second-order valence-electron chi connectivity index (χ2n) is 6.55. The molecule has 0 heterocycles. The van der Waals surface area contributed by atoms with Crippen molar-refractivity contribution in [1.82, 2.24) is 0 Å². The number of hydrogen-bond acceptors (Lipinski definition) is 3. The molecule has 1 N–H and O–H groups in total. The molecule has 0 fully saturated rings. The summed E-state index contributed by atoms with van der Waals surface area (Å²) in [4.78, 5) is 22.2. The van der Waals surface area contributed by atoms with Crippen LogP contribution in [0.4, 0.5) is 11.4 Å². The first-order valence-electron chi connectivity index (χ1n) is 9.27. The lowest BCUT2D eigenvalue weighted by Gasteiger charge is -2.06. The van der Waals surface area contributed by atoms with Gasteiger partial charge in [-0.05, 0) is 52.5 Å². The van der Waals surface area contributed by atoms with Crippen molar-refractivity contribution in [3.05, 3.63) is 67.7 Å². The Bertz CT molecular complexity index is 912. The summed E-state index contributed by atoms with van der Waals surface area (Å²) in [5.74, 6) is 5.58. The minimum atomic E-state index is -0.480. The Hall–Kier alpha value is -2.65. The van der Waals surface area contributed by atoms with E-state index in [-0.39, 0.29) is 17.2 Å². The van der Waals surface area contributed by atoms with Crippen molar-refractivity contribution in [3.63, 3.8) is 0 Å². The monoisotopic (exact) mass is 442 g/mol. The molecule has 0 unspecified atom stereocenters. The zero-order chi connectivity index (χ0) is 20.5. The highest BCUT2D eigenvalue weighted by atomic mass is 79.9. The average molecular weight is 443 g/mol. The van der Waals surface area contributed by atoms with Crippen molar-refractivity contribution in [1.29, 1.82) is 0 Å². The third kappa shape index (κ3) is 6.50. The maximum absolute atomic E-state index is 11.3.